The molecular formula is C15H14N4O2. The lowest BCUT2D eigenvalue weighted by atomic mass is 10.1. The monoisotopic (exact) mass is 282 g/mol. The van der Waals surface area contributed by atoms with Gasteiger partial charge in [-0.3, -0.25) is 10.1 Å². The lowest BCUT2D eigenvalue weighted by Gasteiger charge is -2.08. The fraction of sp³-hybridized carbons (Fsp3) is 0.267. The summed E-state index contributed by atoms with van der Waals surface area (Å²) in [6, 6.07) is 11.3. The summed E-state index contributed by atoms with van der Waals surface area (Å²) in [7, 11) is 0. The van der Waals surface area contributed by atoms with Crippen LogP contribution in [0.1, 0.15) is 6.42 Å². The van der Waals surface area contributed by atoms with E-state index in [2.05, 4.69) is 16.7 Å². The van der Waals surface area contributed by atoms with Gasteiger partial charge in [0.2, 0.25) is 11.8 Å². The standard InChI is InChI=1S/C15H14N4O2/c16-10-19-7-6-12(9-19)15(20)17-14-8-13(18-21-14)11-4-2-1-3-5-11/h1-5,8,12H,6-7,9H2,(H,17,20). The average molecular weight is 282 g/mol. The van der Waals surface area contributed by atoms with E-state index in [1.807, 2.05) is 30.3 Å². The second-order valence-electron chi connectivity index (χ2n) is 4.96. The van der Waals surface area contributed by atoms with Crippen molar-refractivity contribution in [1.82, 2.24) is 10.1 Å². The first-order valence-electron chi connectivity index (χ1n) is 6.74. The normalized spacial score (nSPS) is 17.5. The van der Waals surface area contributed by atoms with Gasteiger partial charge in [-0.2, -0.15) is 5.26 Å². The van der Waals surface area contributed by atoms with Crippen LogP contribution in [0.4, 0.5) is 5.88 Å². The molecule has 6 nitrogen and oxygen atoms in total. The second kappa shape index (κ2) is 5.67. The van der Waals surface area contributed by atoms with Crippen LogP contribution in [0.15, 0.2) is 40.9 Å². The maximum atomic E-state index is 12.1. The minimum Gasteiger partial charge on any atom is -0.338 e. The fourth-order valence-corrected chi connectivity index (χ4v) is 2.37. The highest BCUT2D eigenvalue weighted by atomic mass is 16.5. The summed E-state index contributed by atoms with van der Waals surface area (Å²) < 4.78 is 5.14. The van der Waals surface area contributed by atoms with Gasteiger partial charge in [0, 0.05) is 24.7 Å². The van der Waals surface area contributed by atoms with Gasteiger partial charge >= 0.3 is 0 Å². The topological polar surface area (TPSA) is 82.2 Å². The number of nitrogens with zero attached hydrogens (tertiary/aromatic N) is 3. The average Bonchev–Trinajstić information content (AvgIpc) is 3.17. The van der Waals surface area contributed by atoms with Gasteiger partial charge < -0.3 is 9.42 Å². The highest BCUT2D eigenvalue weighted by Crippen LogP contribution is 2.23. The van der Waals surface area contributed by atoms with E-state index in [4.69, 9.17) is 9.78 Å². The van der Waals surface area contributed by atoms with E-state index < -0.39 is 0 Å². The predicted octanol–water partition coefficient (Wildman–Crippen LogP) is 2.08. The molecule has 6 heteroatoms. The Morgan fingerprint density at radius 1 is 1.43 bits per heavy atom. The van der Waals surface area contributed by atoms with E-state index in [1.165, 1.54) is 0 Å². The van der Waals surface area contributed by atoms with Crippen LogP contribution in [-0.2, 0) is 4.79 Å². The highest BCUT2D eigenvalue weighted by molar-refractivity contribution is 5.92. The largest absolute Gasteiger partial charge is 0.338 e. The van der Waals surface area contributed by atoms with Crippen LogP contribution < -0.4 is 5.32 Å². The lowest BCUT2D eigenvalue weighted by Crippen LogP contribution is -2.25. The van der Waals surface area contributed by atoms with Gasteiger partial charge in [-0.1, -0.05) is 35.5 Å². The van der Waals surface area contributed by atoms with Crippen LogP contribution in [0, 0.1) is 17.4 Å². The molecule has 1 saturated heterocycles. The third kappa shape index (κ3) is 2.87. The minimum absolute atomic E-state index is 0.136. The molecule has 0 saturated carbocycles. The Morgan fingerprint density at radius 3 is 2.95 bits per heavy atom. The number of anilines is 1. The molecule has 1 fully saturated rings. The van der Waals surface area contributed by atoms with Crippen LogP contribution in [0.5, 0.6) is 0 Å². The van der Waals surface area contributed by atoms with Gasteiger partial charge in [0.1, 0.15) is 5.69 Å². The number of nitrogens with one attached hydrogen (secondary N) is 1. The first kappa shape index (κ1) is 13.2. The summed E-state index contributed by atoms with van der Waals surface area (Å²) in [5.41, 5.74) is 1.61. The number of nitriles is 1. The van der Waals surface area contributed by atoms with Crippen molar-refractivity contribution in [2.75, 3.05) is 18.4 Å². The van der Waals surface area contributed by atoms with Crippen molar-refractivity contribution in [1.29, 1.82) is 5.26 Å². The van der Waals surface area contributed by atoms with Crippen molar-refractivity contribution in [2.45, 2.75) is 6.42 Å². The van der Waals surface area contributed by atoms with E-state index in [0.29, 0.717) is 31.1 Å². The molecule has 106 valence electrons. The van der Waals surface area contributed by atoms with E-state index in [1.54, 1.807) is 11.0 Å². The van der Waals surface area contributed by atoms with Crippen LogP contribution >= 0.6 is 0 Å². The Labute approximate surface area is 122 Å². The Hall–Kier alpha value is -2.81. The van der Waals surface area contributed by atoms with E-state index in [9.17, 15) is 4.79 Å². The molecule has 1 amide bonds. The number of rotatable bonds is 3. The first-order valence-corrected chi connectivity index (χ1v) is 6.74. The summed E-state index contributed by atoms with van der Waals surface area (Å²) in [6.45, 7) is 1.09. The zero-order valence-electron chi connectivity index (χ0n) is 11.3. The summed E-state index contributed by atoms with van der Waals surface area (Å²) in [5.74, 6) is 0.00713. The Balaban J connectivity index is 1.65. The van der Waals surface area contributed by atoms with Gasteiger partial charge in [-0.15, -0.1) is 0 Å². The third-order valence-electron chi connectivity index (χ3n) is 3.53. The summed E-state index contributed by atoms with van der Waals surface area (Å²) in [6.07, 6.45) is 2.74. The fourth-order valence-electron chi connectivity index (χ4n) is 2.37. The zero-order chi connectivity index (χ0) is 14.7. The molecule has 21 heavy (non-hydrogen) atoms. The number of hydrogen-bond acceptors (Lipinski definition) is 5. The van der Waals surface area contributed by atoms with Crippen molar-refractivity contribution < 1.29 is 9.32 Å². The van der Waals surface area contributed by atoms with Crippen molar-refractivity contribution >= 4 is 11.8 Å². The van der Waals surface area contributed by atoms with Gasteiger partial charge in [0.25, 0.3) is 0 Å². The number of carbonyl (C=O) groups excluding carboxylic acids is 1. The molecule has 3 rings (SSSR count). The zero-order valence-corrected chi connectivity index (χ0v) is 11.3. The number of benzene rings is 1. The first-order chi connectivity index (χ1) is 10.3. The number of hydrogen-bond donors (Lipinski definition) is 1. The maximum absolute atomic E-state index is 12.1. The molecule has 1 N–H and O–H groups in total. The number of carbonyl (C=O) groups is 1. The van der Waals surface area contributed by atoms with E-state index in [0.717, 1.165) is 5.56 Å². The molecule has 2 aromatic rings. The molecule has 0 radical (unpaired) electrons. The summed E-state index contributed by atoms with van der Waals surface area (Å²) in [5, 5.41) is 15.5. The Kier molecular flexibility index (Phi) is 3.56. The van der Waals surface area contributed by atoms with Crippen molar-refractivity contribution in [3.63, 3.8) is 0 Å². The molecule has 1 aliphatic rings. The van der Waals surface area contributed by atoms with Gasteiger partial charge in [-0.25, -0.2) is 0 Å². The van der Waals surface area contributed by atoms with E-state index >= 15 is 0 Å². The van der Waals surface area contributed by atoms with Crippen LogP contribution in [-0.4, -0.2) is 29.1 Å². The van der Waals surface area contributed by atoms with E-state index in [-0.39, 0.29) is 11.8 Å². The van der Waals surface area contributed by atoms with Gasteiger partial charge in [0.15, 0.2) is 6.19 Å². The third-order valence-corrected chi connectivity index (χ3v) is 3.53. The van der Waals surface area contributed by atoms with Crippen molar-refractivity contribution in [2.24, 2.45) is 5.92 Å². The van der Waals surface area contributed by atoms with Gasteiger partial charge in [-0.05, 0) is 6.42 Å². The maximum Gasteiger partial charge on any atom is 0.231 e. The molecule has 1 aliphatic heterocycles. The molecule has 2 heterocycles. The molecule has 1 unspecified atom stereocenters. The molecule has 0 bridgehead atoms. The smallest absolute Gasteiger partial charge is 0.231 e. The number of likely N-dealkylation sites (tertiary alicyclic amines) is 1. The second-order valence-corrected chi connectivity index (χ2v) is 4.96. The Morgan fingerprint density at radius 2 is 2.24 bits per heavy atom. The summed E-state index contributed by atoms with van der Waals surface area (Å²) in [4.78, 5) is 13.7. The van der Waals surface area contributed by atoms with Crippen LogP contribution in [0.3, 0.4) is 0 Å². The van der Waals surface area contributed by atoms with Gasteiger partial charge in [0.05, 0.1) is 5.92 Å². The molecule has 1 aromatic carbocycles. The van der Waals surface area contributed by atoms with Crippen molar-refractivity contribution in [3.8, 4) is 17.5 Å². The lowest BCUT2D eigenvalue weighted by molar-refractivity contribution is -0.119. The molecule has 1 aromatic heterocycles. The highest BCUT2D eigenvalue weighted by Gasteiger charge is 2.28. The van der Waals surface area contributed by atoms with Crippen LogP contribution in [0.25, 0.3) is 11.3 Å². The minimum atomic E-state index is -0.185. The quantitative estimate of drug-likeness (QED) is 0.871. The van der Waals surface area contributed by atoms with Crippen molar-refractivity contribution in [3.05, 3.63) is 36.4 Å². The number of aromatic nitrogens is 1. The predicted molar refractivity (Wildman–Crippen MR) is 75.9 cm³/mol. The summed E-state index contributed by atoms with van der Waals surface area (Å²) >= 11 is 0. The SMILES string of the molecule is N#CN1CCC(C(=O)Nc2cc(-c3ccccc3)no2)C1. The molecule has 1 atom stereocenters. The molecule has 0 spiro atoms. The van der Waals surface area contributed by atoms with Crippen LogP contribution in [0.2, 0.25) is 0 Å². The molecular weight excluding hydrogens is 268 g/mol. The number of amides is 1. The molecule has 0 aliphatic carbocycles. The Bertz CT molecular complexity index is 674.